The van der Waals surface area contributed by atoms with Gasteiger partial charge in [0.05, 0.1) is 23.3 Å². The van der Waals surface area contributed by atoms with E-state index in [0.717, 1.165) is 11.6 Å². The molecule has 4 aromatic rings. The Bertz CT molecular complexity index is 1300. The summed E-state index contributed by atoms with van der Waals surface area (Å²) in [5.41, 5.74) is 1.64. The summed E-state index contributed by atoms with van der Waals surface area (Å²) in [5, 5.41) is 10.5. The number of carbonyl (C=O) groups excluding carboxylic acids is 1. The summed E-state index contributed by atoms with van der Waals surface area (Å²) in [6, 6.07) is 9.39. The fourth-order valence-corrected chi connectivity index (χ4v) is 3.28. The van der Waals surface area contributed by atoms with E-state index in [2.05, 4.69) is 20.5 Å². The van der Waals surface area contributed by atoms with Crippen LogP contribution >= 0.6 is 0 Å². The van der Waals surface area contributed by atoms with Crippen LogP contribution in [0.2, 0.25) is 0 Å². The number of amides is 1. The maximum Gasteiger partial charge on any atom is 0.433 e. The number of nitrogens with zero attached hydrogens (tertiary/aromatic N) is 5. The highest BCUT2D eigenvalue weighted by Gasteiger charge is 2.35. The third kappa shape index (κ3) is 3.95. The van der Waals surface area contributed by atoms with Crippen LogP contribution in [0.15, 0.2) is 42.6 Å². The Hall–Kier alpha value is -3.69. The lowest BCUT2D eigenvalue weighted by atomic mass is 10.0. The van der Waals surface area contributed by atoms with Crippen molar-refractivity contribution in [2.75, 3.05) is 5.32 Å². The lowest BCUT2D eigenvalue weighted by Crippen LogP contribution is -2.16. The van der Waals surface area contributed by atoms with E-state index in [1.807, 2.05) is 26.0 Å². The van der Waals surface area contributed by atoms with Crippen LogP contribution in [0.5, 0.6) is 0 Å². The Morgan fingerprint density at radius 2 is 1.81 bits per heavy atom. The van der Waals surface area contributed by atoms with Crippen molar-refractivity contribution >= 4 is 17.2 Å². The maximum absolute atomic E-state index is 13.8. The van der Waals surface area contributed by atoms with E-state index in [-0.39, 0.29) is 17.0 Å². The van der Waals surface area contributed by atoms with Gasteiger partial charge in [-0.2, -0.15) is 23.4 Å². The average Bonchev–Trinajstić information content (AvgIpc) is 3.31. The fraction of sp³-hybridized carbons (Fsp3) is 0.273. The SMILES string of the molecule is Cc1c(NC(=O)c2cc3nc(-c4ccc(C(C)C)cc4)cc(C(F)(F)F)n3n2)cnn1C. The third-order valence-corrected chi connectivity index (χ3v) is 5.31. The number of aromatic nitrogens is 5. The molecule has 7 nitrogen and oxygen atoms in total. The van der Waals surface area contributed by atoms with E-state index >= 15 is 0 Å². The number of fused-ring (bicyclic) bond motifs is 1. The zero-order valence-electron chi connectivity index (χ0n) is 17.9. The summed E-state index contributed by atoms with van der Waals surface area (Å²) in [6.45, 7) is 5.83. The normalized spacial score (nSPS) is 12.0. The van der Waals surface area contributed by atoms with Gasteiger partial charge in [-0.25, -0.2) is 9.50 Å². The van der Waals surface area contributed by atoms with E-state index < -0.39 is 17.8 Å². The van der Waals surface area contributed by atoms with E-state index in [1.165, 1.54) is 12.3 Å². The molecule has 0 radical (unpaired) electrons. The van der Waals surface area contributed by atoms with Gasteiger partial charge in [0.2, 0.25) is 0 Å². The standard InChI is InChI=1S/C22H21F3N6O/c1-12(2)14-5-7-15(8-6-14)16-9-19(22(23,24)25)31-20(27-16)10-17(29-31)21(32)28-18-11-26-30(4)13(18)3/h5-12H,1-4H3,(H,28,32). The molecule has 4 rings (SSSR count). The summed E-state index contributed by atoms with van der Waals surface area (Å²) in [7, 11) is 1.71. The second kappa shape index (κ2) is 7.77. The lowest BCUT2D eigenvalue weighted by Gasteiger charge is -2.11. The minimum absolute atomic E-state index is 0.0733. The zero-order chi connectivity index (χ0) is 23.2. The minimum atomic E-state index is -4.69. The molecule has 0 fully saturated rings. The number of benzene rings is 1. The Morgan fingerprint density at radius 3 is 2.38 bits per heavy atom. The van der Waals surface area contributed by atoms with Gasteiger partial charge in [0.15, 0.2) is 17.0 Å². The summed E-state index contributed by atoms with van der Waals surface area (Å²) >= 11 is 0. The number of rotatable bonds is 4. The molecule has 0 unspecified atom stereocenters. The Morgan fingerprint density at radius 1 is 1.12 bits per heavy atom. The predicted octanol–water partition coefficient (Wildman–Crippen LogP) is 4.83. The van der Waals surface area contributed by atoms with Gasteiger partial charge in [-0.3, -0.25) is 9.48 Å². The van der Waals surface area contributed by atoms with Crippen molar-refractivity contribution in [1.29, 1.82) is 0 Å². The summed E-state index contributed by atoms with van der Waals surface area (Å²) < 4.78 is 43.6. The Kier molecular flexibility index (Phi) is 5.23. The second-order valence-electron chi connectivity index (χ2n) is 7.82. The highest BCUT2D eigenvalue weighted by molar-refractivity contribution is 6.03. The number of carbonyl (C=O) groups is 1. The third-order valence-electron chi connectivity index (χ3n) is 5.31. The first kappa shape index (κ1) is 21.5. The Balaban J connectivity index is 1.77. The van der Waals surface area contributed by atoms with Crippen molar-refractivity contribution in [3.8, 4) is 11.3 Å². The van der Waals surface area contributed by atoms with Crippen LogP contribution in [0, 0.1) is 6.92 Å². The van der Waals surface area contributed by atoms with Crippen molar-refractivity contribution in [1.82, 2.24) is 24.4 Å². The van der Waals surface area contributed by atoms with Crippen molar-refractivity contribution in [2.45, 2.75) is 32.9 Å². The maximum atomic E-state index is 13.8. The first-order valence-corrected chi connectivity index (χ1v) is 9.93. The van der Waals surface area contributed by atoms with Gasteiger partial charge >= 0.3 is 6.18 Å². The molecule has 1 amide bonds. The molecule has 0 saturated heterocycles. The molecule has 1 N–H and O–H groups in total. The summed E-state index contributed by atoms with van der Waals surface area (Å²) in [5.74, 6) is -0.355. The number of hydrogen-bond acceptors (Lipinski definition) is 4. The average molecular weight is 442 g/mol. The number of halogens is 3. The van der Waals surface area contributed by atoms with Gasteiger partial charge in [-0.05, 0) is 24.5 Å². The molecular formula is C22H21F3N6O. The van der Waals surface area contributed by atoms with Gasteiger partial charge in [0.25, 0.3) is 5.91 Å². The van der Waals surface area contributed by atoms with Gasteiger partial charge in [0.1, 0.15) is 0 Å². The van der Waals surface area contributed by atoms with Crippen LogP contribution in [-0.4, -0.2) is 30.3 Å². The molecule has 0 bridgehead atoms. The molecule has 0 atom stereocenters. The molecule has 0 aliphatic carbocycles. The van der Waals surface area contributed by atoms with Crippen LogP contribution in [0.1, 0.15) is 47.2 Å². The van der Waals surface area contributed by atoms with Gasteiger partial charge < -0.3 is 5.32 Å². The highest BCUT2D eigenvalue weighted by Crippen LogP contribution is 2.32. The smallest absolute Gasteiger partial charge is 0.318 e. The van der Waals surface area contributed by atoms with Crippen LogP contribution in [0.4, 0.5) is 18.9 Å². The Labute approximate surface area is 181 Å². The molecule has 32 heavy (non-hydrogen) atoms. The number of anilines is 1. The van der Waals surface area contributed by atoms with Crippen molar-refractivity contribution in [3.05, 3.63) is 65.2 Å². The molecule has 166 valence electrons. The topological polar surface area (TPSA) is 77.1 Å². The number of hydrogen-bond donors (Lipinski definition) is 1. The van der Waals surface area contributed by atoms with E-state index in [4.69, 9.17) is 0 Å². The van der Waals surface area contributed by atoms with Gasteiger partial charge in [-0.15, -0.1) is 0 Å². The van der Waals surface area contributed by atoms with Gasteiger partial charge in [0, 0.05) is 18.7 Å². The predicted molar refractivity (Wildman–Crippen MR) is 113 cm³/mol. The number of alkyl halides is 3. The molecule has 0 aliphatic rings. The molecule has 0 saturated carbocycles. The van der Waals surface area contributed by atoms with Crippen LogP contribution in [0.25, 0.3) is 16.9 Å². The van der Waals surface area contributed by atoms with E-state index in [9.17, 15) is 18.0 Å². The first-order valence-electron chi connectivity index (χ1n) is 9.93. The van der Waals surface area contributed by atoms with Gasteiger partial charge in [-0.1, -0.05) is 38.1 Å². The van der Waals surface area contributed by atoms with Crippen molar-refractivity contribution in [3.63, 3.8) is 0 Å². The second-order valence-corrected chi connectivity index (χ2v) is 7.82. The quantitative estimate of drug-likeness (QED) is 0.491. The van der Waals surface area contributed by atoms with Crippen LogP contribution in [0.3, 0.4) is 0 Å². The highest BCUT2D eigenvalue weighted by atomic mass is 19.4. The number of aryl methyl sites for hydroxylation is 1. The largest absolute Gasteiger partial charge is 0.433 e. The van der Waals surface area contributed by atoms with E-state index in [1.54, 1.807) is 30.8 Å². The number of nitrogens with one attached hydrogen (secondary N) is 1. The molecular weight excluding hydrogens is 421 g/mol. The molecule has 3 heterocycles. The first-order chi connectivity index (χ1) is 15.0. The minimum Gasteiger partial charge on any atom is -0.318 e. The van der Waals surface area contributed by atoms with Crippen molar-refractivity contribution in [2.24, 2.45) is 7.05 Å². The molecule has 1 aromatic carbocycles. The lowest BCUT2D eigenvalue weighted by molar-refractivity contribution is -0.142. The van der Waals surface area contributed by atoms with E-state index in [0.29, 0.717) is 27.4 Å². The van der Waals surface area contributed by atoms with Crippen LogP contribution < -0.4 is 5.32 Å². The summed E-state index contributed by atoms with van der Waals surface area (Å²) in [6.07, 6.45) is -3.23. The molecule has 0 spiro atoms. The zero-order valence-corrected chi connectivity index (χ0v) is 17.9. The molecule has 3 aromatic heterocycles. The monoisotopic (exact) mass is 442 g/mol. The summed E-state index contributed by atoms with van der Waals surface area (Å²) in [4.78, 5) is 17.0. The molecule has 0 aliphatic heterocycles. The van der Waals surface area contributed by atoms with Crippen LogP contribution in [-0.2, 0) is 13.2 Å². The van der Waals surface area contributed by atoms with Crippen molar-refractivity contribution < 1.29 is 18.0 Å². The molecule has 10 heteroatoms. The fourth-order valence-electron chi connectivity index (χ4n) is 3.28.